The van der Waals surface area contributed by atoms with E-state index in [1.807, 2.05) is 20.8 Å². The highest BCUT2D eigenvalue weighted by Crippen LogP contribution is 2.35. The normalized spacial score (nSPS) is 23.9. The van der Waals surface area contributed by atoms with Crippen molar-refractivity contribution in [1.82, 2.24) is 16.0 Å². The molecule has 1 saturated heterocycles. The van der Waals surface area contributed by atoms with E-state index in [1.54, 1.807) is 13.8 Å². The summed E-state index contributed by atoms with van der Waals surface area (Å²) < 4.78 is 11.7. The second-order valence-electron chi connectivity index (χ2n) is 15.0. The lowest BCUT2D eigenvalue weighted by atomic mass is 9.82. The van der Waals surface area contributed by atoms with Crippen molar-refractivity contribution < 1.29 is 29.0 Å². The molecule has 48 heavy (non-hydrogen) atoms. The molecule has 3 amide bonds. The molecule has 5 atom stereocenters. The Balaban J connectivity index is 1.75. The number of carbonyl (C=O) groups excluding carboxylic acids is 2. The van der Waals surface area contributed by atoms with Gasteiger partial charge in [0.2, 0.25) is 5.91 Å². The van der Waals surface area contributed by atoms with Crippen LogP contribution in [0.5, 0.6) is 0 Å². The Morgan fingerprint density at radius 3 is 2.21 bits per heavy atom. The van der Waals surface area contributed by atoms with Crippen molar-refractivity contribution in [2.75, 3.05) is 13.2 Å². The van der Waals surface area contributed by atoms with Gasteiger partial charge in [-0.3, -0.25) is 9.59 Å². The lowest BCUT2D eigenvalue weighted by molar-refractivity contribution is -0.304. The smallest absolute Gasteiger partial charge is 0.315 e. The van der Waals surface area contributed by atoms with Gasteiger partial charge >= 0.3 is 12.0 Å². The van der Waals surface area contributed by atoms with Gasteiger partial charge in [0.25, 0.3) is 0 Å². The van der Waals surface area contributed by atoms with E-state index < -0.39 is 29.2 Å². The molecule has 5 unspecified atom stereocenters. The van der Waals surface area contributed by atoms with Crippen molar-refractivity contribution in [2.24, 2.45) is 17.3 Å². The minimum Gasteiger partial charge on any atom is -0.481 e. The van der Waals surface area contributed by atoms with Gasteiger partial charge in [-0.15, -0.1) is 0 Å². The molecule has 2 aliphatic rings. The fourth-order valence-corrected chi connectivity index (χ4v) is 6.56. The summed E-state index contributed by atoms with van der Waals surface area (Å²) >= 11 is 0. The van der Waals surface area contributed by atoms with Gasteiger partial charge in [0.15, 0.2) is 5.79 Å². The van der Waals surface area contributed by atoms with Crippen LogP contribution in [-0.2, 0) is 19.1 Å². The maximum Gasteiger partial charge on any atom is 0.315 e. The lowest BCUT2D eigenvalue weighted by Gasteiger charge is -2.44. The van der Waals surface area contributed by atoms with E-state index in [1.165, 1.54) is 19.3 Å². The number of urea groups is 1. The first-order valence-electron chi connectivity index (χ1n) is 18.7. The lowest BCUT2D eigenvalue weighted by Crippen LogP contribution is -2.57. The molecule has 2 rings (SSSR count). The number of allylic oxidation sites excluding steroid dienone is 6. The Morgan fingerprint density at radius 2 is 1.52 bits per heavy atom. The molecular formula is C39H67N3O6. The predicted octanol–water partition coefficient (Wildman–Crippen LogP) is 8.21. The highest BCUT2D eigenvalue weighted by Gasteiger charge is 2.46. The molecule has 2 fully saturated rings. The van der Waals surface area contributed by atoms with Gasteiger partial charge < -0.3 is 30.5 Å². The summed E-state index contributed by atoms with van der Waals surface area (Å²) in [4.78, 5) is 38.8. The number of hydrogen-bond donors (Lipinski definition) is 4. The number of carboxylic acids is 1. The first-order valence-corrected chi connectivity index (χ1v) is 18.7. The van der Waals surface area contributed by atoms with E-state index in [0.29, 0.717) is 13.0 Å². The van der Waals surface area contributed by atoms with Crippen LogP contribution in [0.3, 0.4) is 0 Å². The number of hydrogen-bond acceptors (Lipinski definition) is 5. The van der Waals surface area contributed by atoms with Gasteiger partial charge in [-0.2, -0.15) is 0 Å². The molecule has 0 radical (unpaired) electrons. The maximum atomic E-state index is 13.2. The third kappa shape index (κ3) is 16.2. The van der Waals surface area contributed by atoms with Gasteiger partial charge in [-0.25, -0.2) is 4.79 Å². The highest BCUT2D eigenvalue weighted by molar-refractivity contribution is 5.82. The van der Waals surface area contributed by atoms with Gasteiger partial charge in [0.05, 0.1) is 12.5 Å². The summed E-state index contributed by atoms with van der Waals surface area (Å²) in [5.41, 5.74) is -0.556. The molecule has 0 aromatic rings. The second-order valence-corrected chi connectivity index (χ2v) is 15.0. The average Bonchev–Trinajstić information content (AvgIpc) is 3.25. The van der Waals surface area contributed by atoms with E-state index in [-0.39, 0.29) is 36.5 Å². The van der Waals surface area contributed by atoms with Crippen molar-refractivity contribution in [3.8, 4) is 0 Å². The van der Waals surface area contributed by atoms with Crippen LogP contribution in [0.4, 0.5) is 4.79 Å². The third-order valence-electron chi connectivity index (χ3n) is 9.49. The Bertz CT molecular complexity index is 1050. The molecule has 9 nitrogen and oxygen atoms in total. The second kappa shape index (κ2) is 22.1. The van der Waals surface area contributed by atoms with E-state index >= 15 is 0 Å². The summed E-state index contributed by atoms with van der Waals surface area (Å²) in [6.07, 6.45) is 27.8. The maximum absolute atomic E-state index is 13.2. The van der Waals surface area contributed by atoms with Gasteiger partial charge in [-0.1, -0.05) is 102 Å². The summed E-state index contributed by atoms with van der Waals surface area (Å²) in [6.45, 7) is 11.9. The van der Waals surface area contributed by atoms with Crippen molar-refractivity contribution >= 4 is 17.9 Å². The number of ether oxygens (including phenoxy) is 2. The number of amides is 3. The van der Waals surface area contributed by atoms with Gasteiger partial charge in [0.1, 0.15) is 6.10 Å². The molecule has 9 heteroatoms. The number of nitrogens with one attached hydrogen (secondary N) is 3. The molecule has 0 bridgehead atoms. The SMILES string of the molecule is CCCC=CCC=CCC=CCCCCCCC(C)NC(=O)NC1CCCCCC1C(CNC(=O)C1OC(C)(C)OCC1(C)C)C(=O)O. The first-order chi connectivity index (χ1) is 22.9. The van der Waals surface area contributed by atoms with E-state index in [9.17, 15) is 19.5 Å². The Morgan fingerprint density at radius 1 is 0.875 bits per heavy atom. The van der Waals surface area contributed by atoms with Gasteiger partial charge in [0, 0.05) is 24.0 Å². The van der Waals surface area contributed by atoms with Crippen LogP contribution in [0.25, 0.3) is 0 Å². The standard InChI is InChI=1S/C39H67N3O6/c1-7-8-9-10-11-12-13-14-15-16-17-18-19-20-22-25-30(2)41-37(46)42-33-27-24-21-23-26-31(33)32(36(44)45)28-40-35(43)34-38(3,4)29-47-39(5,6)48-34/h9-10,12-13,15-16,30-34H,7-8,11,14,17-29H2,1-6H3,(H,40,43)(H,44,45)(H2,41,42,46). The zero-order valence-electron chi connectivity index (χ0n) is 30.9. The van der Waals surface area contributed by atoms with Crippen LogP contribution in [0, 0.1) is 17.3 Å². The quantitative estimate of drug-likeness (QED) is 0.0586. The zero-order chi connectivity index (χ0) is 35.4. The first kappa shape index (κ1) is 41.5. The van der Waals surface area contributed by atoms with Crippen LogP contribution in [0.15, 0.2) is 36.5 Å². The number of rotatable bonds is 20. The van der Waals surface area contributed by atoms with Crippen LogP contribution < -0.4 is 16.0 Å². The average molecular weight is 674 g/mol. The zero-order valence-corrected chi connectivity index (χ0v) is 30.9. The Kier molecular flexibility index (Phi) is 19.2. The predicted molar refractivity (Wildman–Crippen MR) is 194 cm³/mol. The topological polar surface area (TPSA) is 126 Å². The molecule has 1 aliphatic carbocycles. The molecule has 274 valence electrons. The van der Waals surface area contributed by atoms with Crippen molar-refractivity contribution in [2.45, 2.75) is 162 Å². The molecule has 1 aliphatic heterocycles. The van der Waals surface area contributed by atoms with E-state index in [0.717, 1.165) is 70.6 Å². The number of unbranched alkanes of at least 4 members (excludes halogenated alkanes) is 5. The molecule has 4 N–H and O–H groups in total. The fourth-order valence-electron chi connectivity index (χ4n) is 6.56. The minimum atomic E-state index is -0.964. The van der Waals surface area contributed by atoms with E-state index in [2.05, 4.69) is 59.3 Å². The van der Waals surface area contributed by atoms with Crippen LogP contribution in [0.2, 0.25) is 0 Å². The summed E-state index contributed by atoms with van der Waals surface area (Å²) in [5.74, 6) is -3.31. The number of aliphatic carboxylic acids is 1. The minimum absolute atomic E-state index is 0.0177. The monoisotopic (exact) mass is 674 g/mol. The molecule has 0 spiro atoms. The van der Waals surface area contributed by atoms with Crippen molar-refractivity contribution in [3.63, 3.8) is 0 Å². The molecule has 0 aromatic carbocycles. The number of carboxylic acid groups (broad SMARTS) is 1. The van der Waals surface area contributed by atoms with Crippen LogP contribution in [0.1, 0.15) is 138 Å². The Hall–Kier alpha value is -2.65. The number of carbonyl (C=O) groups is 3. The van der Waals surface area contributed by atoms with E-state index in [4.69, 9.17) is 9.47 Å². The summed E-state index contributed by atoms with van der Waals surface area (Å²) in [5, 5.41) is 19.3. The van der Waals surface area contributed by atoms with Gasteiger partial charge in [-0.05, 0) is 78.1 Å². The van der Waals surface area contributed by atoms with Crippen molar-refractivity contribution in [1.29, 1.82) is 0 Å². The van der Waals surface area contributed by atoms with Crippen molar-refractivity contribution in [3.05, 3.63) is 36.5 Å². The molecule has 1 saturated carbocycles. The van der Waals surface area contributed by atoms with Crippen LogP contribution >= 0.6 is 0 Å². The molecule has 1 heterocycles. The summed E-state index contributed by atoms with van der Waals surface area (Å²) in [7, 11) is 0. The largest absolute Gasteiger partial charge is 0.481 e. The Labute approximate surface area is 291 Å². The molecule has 0 aromatic heterocycles. The fraction of sp³-hybridized carbons (Fsp3) is 0.769. The third-order valence-corrected chi connectivity index (χ3v) is 9.49. The summed E-state index contributed by atoms with van der Waals surface area (Å²) in [6, 6.07) is -0.499. The molecular weight excluding hydrogens is 606 g/mol. The van der Waals surface area contributed by atoms with Crippen LogP contribution in [-0.4, -0.2) is 60.1 Å². The highest BCUT2D eigenvalue weighted by atomic mass is 16.7.